The van der Waals surface area contributed by atoms with Crippen molar-refractivity contribution in [2.45, 2.75) is 19.8 Å². The van der Waals surface area contributed by atoms with Gasteiger partial charge in [-0.3, -0.25) is 0 Å². The number of hydrogen-bond donors (Lipinski definition) is 0. The van der Waals surface area contributed by atoms with E-state index < -0.39 is 0 Å². The van der Waals surface area contributed by atoms with Gasteiger partial charge in [0.1, 0.15) is 35.0 Å². The van der Waals surface area contributed by atoms with Gasteiger partial charge in [0.05, 0.1) is 17.8 Å². The molecule has 4 nitrogen and oxygen atoms in total. The van der Waals surface area contributed by atoms with E-state index in [4.69, 9.17) is 49.1 Å². The van der Waals surface area contributed by atoms with Gasteiger partial charge < -0.3 is 14.3 Å². The van der Waals surface area contributed by atoms with E-state index in [1.165, 1.54) is 25.3 Å². The Labute approximate surface area is 184 Å². The Morgan fingerprint density at radius 3 is 2.55 bits per heavy atom. The van der Waals surface area contributed by atoms with Crippen molar-refractivity contribution in [3.63, 3.8) is 0 Å². The number of oxime groups is 1. The summed E-state index contributed by atoms with van der Waals surface area (Å²) in [6.07, 6.45) is 3.03. The molecule has 0 fully saturated rings. The lowest BCUT2D eigenvalue weighted by molar-refractivity contribution is 0.142. The molecule has 0 aromatic heterocycles. The van der Waals surface area contributed by atoms with Crippen molar-refractivity contribution in [2.75, 3.05) is 20.3 Å². The molecular weight excluding hydrogens is 440 g/mol. The van der Waals surface area contributed by atoms with Gasteiger partial charge >= 0.3 is 0 Å². The van der Waals surface area contributed by atoms with E-state index in [1.54, 1.807) is 31.2 Å². The highest BCUT2D eigenvalue weighted by Crippen LogP contribution is 2.34. The number of ether oxygens (including phenoxy) is 2. The highest BCUT2D eigenvalue weighted by Gasteiger charge is 2.14. The molecule has 0 atom stereocenters. The van der Waals surface area contributed by atoms with Crippen LogP contribution >= 0.6 is 34.8 Å². The zero-order chi connectivity index (χ0) is 21.2. The maximum absolute atomic E-state index is 12.9. The molecule has 8 heteroatoms. The highest BCUT2D eigenvalue weighted by molar-refractivity contribution is 6.55. The summed E-state index contributed by atoms with van der Waals surface area (Å²) in [6, 6.07) is 9.79. The summed E-state index contributed by atoms with van der Waals surface area (Å²) >= 11 is 17.5. The Bertz CT molecular complexity index is 866. The monoisotopic (exact) mass is 459 g/mol. The zero-order valence-electron chi connectivity index (χ0n) is 16.1. The summed E-state index contributed by atoms with van der Waals surface area (Å²) < 4.78 is 24.0. The highest BCUT2D eigenvalue weighted by atomic mass is 35.5. The maximum Gasteiger partial charge on any atom is 0.146 e. The number of halogens is 4. The molecule has 0 bridgehead atoms. The average molecular weight is 461 g/mol. The first-order chi connectivity index (χ1) is 13.9. The molecule has 0 saturated carbocycles. The van der Waals surface area contributed by atoms with Crippen LogP contribution in [0, 0.1) is 5.82 Å². The van der Waals surface area contributed by atoms with Crippen LogP contribution in [0.1, 0.15) is 24.5 Å². The van der Waals surface area contributed by atoms with Gasteiger partial charge in [0, 0.05) is 11.6 Å². The fourth-order valence-corrected chi connectivity index (χ4v) is 2.93. The minimum Gasteiger partial charge on any atom is -0.494 e. The van der Waals surface area contributed by atoms with Crippen LogP contribution < -0.4 is 9.47 Å². The van der Waals surface area contributed by atoms with Gasteiger partial charge in [-0.05, 0) is 49.6 Å². The minimum absolute atomic E-state index is 0.122. The third kappa shape index (κ3) is 7.77. The number of hydrogen-bond acceptors (Lipinski definition) is 4. The Kier molecular flexibility index (Phi) is 9.58. The normalized spacial score (nSPS) is 11.2. The lowest BCUT2D eigenvalue weighted by Crippen LogP contribution is -2.04. The van der Waals surface area contributed by atoms with Gasteiger partial charge in [-0.25, -0.2) is 4.39 Å². The van der Waals surface area contributed by atoms with Crippen LogP contribution in [-0.2, 0) is 11.3 Å². The minimum atomic E-state index is -0.245. The topological polar surface area (TPSA) is 40.0 Å². The number of rotatable bonds is 10. The maximum atomic E-state index is 12.9. The van der Waals surface area contributed by atoms with Crippen molar-refractivity contribution in [2.24, 2.45) is 5.16 Å². The Morgan fingerprint density at radius 2 is 1.90 bits per heavy atom. The number of nitrogens with zero attached hydrogens (tertiary/aromatic N) is 1. The Hall–Kier alpha value is -1.95. The van der Waals surface area contributed by atoms with Crippen LogP contribution in [0.2, 0.25) is 5.02 Å². The summed E-state index contributed by atoms with van der Waals surface area (Å²) in [5, 5.41) is 4.53. The molecule has 0 aliphatic heterocycles. The van der Waals surface area contributed by atoms with Crippen molar-refractivity contribution >= 4 is 40.5 Å². The molecule has 0 N–H and O–H groups in total. The third-order valence-electron chi connectivity index (χ3n) is 3.91. The van der Waals surface area contributed by atoms with Crippen LogP contribution in [0.5, 0.6) is 11.5 Å². The van der Waals surface area contributed by atoms with Crippen molar-refractivity contribution in [3.05, 3.63) is 68.9 Å². The molecule has 0 aliphatic carbocycles. The van der Waals surface area contributed by atoms with Crippen molar-refractivity contribution in [3.8, 4) is 11.5 Å². The molecule has 2 aromatic rings. The SMILES string of the molecule is COc1c(Cl)cc(OCC=C(Cl)Cl)cc1C(C)=NOCCCc1ccc(F)cc1. The summed E-state index contributed by atoms with van der Waals surface area (Å²) in [5.74, 6) is 0.745. The molecule has 0 unspecified atom stereocenters. The largest absolute Gasteiger partial charge is 0.494 e. The molecule has 0 amide bonds. The molecule has 0 radical (unpaired) electrons. The second kappa shape index (κ2) is 11.9. The Morgan fingerprint density at radius 1 is 1.17 bits per heavy atom. The smallest absolute Gasteiger partial charge is 0.146 e. The summed E-state index contributed by atoms with van der Waals surface area (Å²) in [4.78, 5) is 5.42. The number of methoxy groups -OCH3 is 1. The predicted molar refractivity (Wildman–Crippen MR) is 116 cm³/mol. The zero-order valence-corrected chi connectivity index (χ0v) is 18.3. The average Bonchev–Trinajstić information content (AvgIpc) is 2.68. The van der Waals surface area contributed by atoms with Gasteiger partial charge in [0.2, 0.25) is 0 Å². The third-order valence-corrected chi connectivity index (χ3v) is 4.50. The van der Waals surface area contributed by atoms with Gasteiger partial charge in [0.25, 0.3) is 0 Å². The molecule has 0 saturated heterocycles. The summed E-state index contributed by atoms with van der Waals surface area (Å²) in [5.41, 5.74) is 2.27. The first-order valence-electron chi connectivity index (χ1n) is 8.83. The fraction of sp³-hybridized carbons (Fsp3) is 0.286. The summed E-state index contributed by atoms with van der Waals surface area (Å²) in [7, 11) is 1.53. The van der Waals surface area contributed by atoms with Crippen LogP contribution in [0.3, 0.4) is 0 Å². The standard InChI is InChI=1S/C21H21Cl3FNO3/c1-14(26-29-10-3-4-15-5-7-16(25)8-6-15)18-12-17(28-11-9-20(23)24)13-19(22)21(18)27-2/h5-9,12-13H,3-4,10-11H2,1-2H3. The molecule has 156 valence electrons. The molecule has 2 aromatic carbocycles. The van der Waals surface area contributed by atoms with Gasteiger partial charge in [-0.2, -0.15) is 0 Å². The number of aryl methyl sites for hydroxylation is 1. The quantitative estimate of drug-likeness (QED) is 0.229. The molecule has 2 rings (SSSR count). The second-order valence-corrected chi connectivity index (χ2v) is 7.45. The van der Waals surface area contributed by atoms with E-state index in [0.29, 0.717) is 34.4 Å². The van der Waals surface area contributed by atoms with E-state index in [9.17, 15) is 4.39 Å². The van der Waals surface area contributed by atoms with Crippen molar-refractivity contribution in [1.82, 2.24) is 0 Å². The van der Waals surface area contributed by atoms with Gasteiger partial charge in [-0.1, -0.05) is 52.1 Å². The first kappa shape index (κ1) is 23.3. The Balaban J connectivity index is 1.99. The van der Waals surface area contributed by atoms with Crippen molar-refractivity contribution < 1.29 is 18.7 Å². The van der Waals surface area contributed by atoms with E-state index in [1.807, 2.05) is 0 Å². The van der Waals surface area contributed by atoms with Gasteiger partial charge in [0.15, 0.2) is 0 Å². The van der Waals surface area contributed by atoms with Crippen molar-refractivity contribution in [1.29, 1.82) is 0 Å². The molecular formula is C21H21Cl3FNO3. The lowest BCUT2D eigenvalue weighted by Gasteiger charge is -2.13. The van der Waals surface area contributed by atoms with Crippen LogP contribution in [-0.4, -0.2) is 26.0 Å². The first-order valence-corrected chi connectivity index (χ1v) is 9.97. The van der Waals surface area contributed by atoms with Crippen LogP contribution in [0.25, 0.3) is 0 Å². The number of benzene rings is 2. The predicted octanol–water partition coefficient (Wildman–Crippen LogP) is 6.56. The molecule has 0 aliphatic rings. The molecule has 29 heavy (non-hydrogen) atoms. The lowest BCUT2D eigenvalue weighted by atomic mass is 10.1. The molecule has 0 heterocycles. The second-order valence-electron chi connectivity index (χ2n) is 6.03. The van der Waals surface area contributed by atoms with E-state index in [0.717, 1.165) is 18.4 Å². The van der Waals surface area contributed by atoms with E-state index in [-0.39, 0.29) is 16.9 Å². The molecule has 0 spiro atoms. The fourth-order valence-electron chi connectivity index (χ4n) is 2.51. The van der Waals surface area contributed by atoms with Gasteiger partial charge in [-0.15, -0.1) is 0 Å². The van der Waals surface area contributed by atoms with Crippen LogP contribution in [0.15, 0.2) is 52.1 Å². The van der Waals surface area contributed by atoms with Crippen LogP contribution in [0.4, 0.5) is 4.39 Å². The van der Waals surface area contributed by atoms with E-state index in [2.05, 4.69) is 5.16 Å². The van der Waals surface area contributed by atoms with E-state index >= 15 is 0 Å². The summed E-state index contributed by atoms with van der Waals surface area (Å²) in [6.45, 7) is 2.40.